The SMILES string of the molecule is C[C@H]1CN(c2ccc(C(F)(F)F)cc2)C(=O)c2c(CC(=O)c3cccc(S(=O)(=O)F)c3)cnn21.S. The van der Waals surface area contributed by atoms with Crippen LogP contribution in [0.1, 0.15) is 44.9 Å². The third-order valence-electron chi connectivity index (χ3n) is 5.48. The van der Waals surface area contributed by atoms with Crippen molar-refractivity contribution >= 4 is 41.1 Å². The van der Waals surface area contributed by atoms with Gasteiger partial charge in [-0.05, 0) is 43.3 Å². The zero-order valence-electron chi connectivity index (χ0n) is 18.1. The molecule has 2 heterocycles. The first-order valence-corrected chi connectivity index (χ1v) is 11.4. The third kappa shape index (κ3) is 5.25. The number of halogens is 4. The van der Waals surface area contributed by atoms with Crippen molar-refractivity contribution in [3.05, 3.63) is 77.1 Å². The standard InChI is InChI=1S/C22H17F4N3O4S.H2S/c1-13-12-28(17-7-5-16(6-8-17)22(23,24)25)21(31)20-15(11-27-29(13)20)10-19(30)14-3-2-4-18(9-14)34(26,32)33;/h2-9,11,13H,10,12H2,1H3;1H2/t13-;/m0./s1. The van der Waals surface area contributed by atoms with Gasteiger partial charge in [-0.25, -0.2) is 0 Å². The first-order valence-electron chi connectivity index (χ1n) is 9.99. The van der Waals surface area contributed by atoms with Gasteiger partial charge >= 0.3 is 16.4 Å². The molecule has 0 aliphatic carbocycles. The van der Waals surface area contributed by atoms with E-state index in [0.717, 1.165) is 24.3 Å². The van der Waals surface area contributed by atoms with Crippen molar-refractivity contribution in [2.45, 2.75) is 30.5 Å². The number of anilines is 1. The number of amides is 1. The van der Waals surface area contributed by atoms with Gasteiger partial charge < -0.3 is 4.90 Å². The molecule has 2 aromatic carbocycles. The van der Waals surface area contributed by atoms with E-state index in [-0.39, 0.29) is 55.0 Å². The second-order valence-corrected chi connectivity index (χ2v) is 9.19. The summed E-state index contributed by atoms with van der Waals surface area (Å²) in [4.78, 5) is 26.6. The fourth-order valence-corrected chi connectivity index (χ4v) is 4.31. The summed E-state index contributed by atoms with van der Waals surface area (Å²) in [6.07, 6.45) is -3.49. The van der Waals surface area contributed by atoms with Crippen LogP contribution in [0.3, 0.4) is 0 Å². The van der Waals surface area contributed by atoms with Crippen LogP contribution in [-0.4, -0.2) is 36.4 Å². The Kier molecular flexibility index (Phi) is 7.14. The van der Waals surface area contributed by atoms with E-state index in [1.54, 1.807) is 6.92 Å². The highest BCUT2D eigenvalue weighted by atomic mass is 32.3. The summed E-state index contributed by atoms with van der Waals surface area (Å²) in [5.74, 6) is -1.10. The van der Waals surface area contributed by atoms with E-state index in [1.165, 1.54) is 40.0 Å². The van der Waals surface area contributed by atoms with E-state index in [0.29, 0.717) is 0 Å². The van der Waals surface area contributed by atoms with Crippen molar-refractivity contribution in [3.8, 4) is 0 Å². The predicted molar refractivity (Wildman–Crippen MR) is 123 cm³/mol. The number of carbonyl (C=O) groups is 2. The van der Waals surface area contributed by atoms with Crippen molar-refractivity contribution in [3.63, 3.8) is 0 Å². The summed E-state index contributed by atoms with van der Waals surface area (Å²) < 4.78 is 75.7. The van der Waals surface area contributed by atoms with Crippen LogP contribution in [0.25, 0.3) is 0 Å². The summed E-state index contributed by atoms with van der Waals surface area (Å²) in [6.45, 7) is 1.92. The number of alkyl halides is 3. The van der Waals surface area contributed by atoms with Crippen molar-refractivity contribution in [2.75, 3.05) is 11.4 Å². The molecule has 1 aliphatic heterocycles. The molecule has 1 amide bonds. The number of aromatic nitrogens is 2. The molecule has 1 aromatic heterocycles. The van der Waals surface area contributed by atoms with Crippen molar-refractivity contribution in [1.82, 2.24) is 9.78 Å². The van der Waals surface area contributed by atoms with Gasteiger partial charge in [-0.15, -0.1) is 3.89 Å². The largest absolute Gasteiger partial charge is 0.416 e. The van der Waals surface area contributed by atoms with Gasteiger partial charge in [-0.1, -0.05) is 12.1 Å². The Balaban J connectivity index is 0.00000342. The Morgan fingerprint density at radius 2 is 1.80 bits per heavy atom. The summed E-state index contributed by atoms with van der Waals surface area (Å²) in [5.41, 5.74) is -0.291. The lowest BCUT2D eigenvalue weighted by Gasteiger charge is -2.32. The van der Waals surface area contributed by atoms with Crippen LogP contribution in [0.15, 0.2) is 59.6 Å². The van der Waals surface area contributed by atoms with Gasteiger partial charge in [-0.3, -0.25) is 14.3 Å². The Morgan fingerprint density at radius 1 is 1.14 bits per heavy atom. The van der Waals surface area contributed by atoms with Gasteiger partial charge in [0.05, 0.1) is 22.7 Å². The molecule has 0 saturated carbocycles. The minimum Gasteiger partial charge on any atom is -0.305 e. The maximum Gasteiger partial charge on any atom is 0.416 e. The van der Waals surface area contributed by atoms with Gasteiger partial charge in [0.15, 0.2) is 5.78 Å². The monoisotopic (exact) mass is 529 g/mol. The minimum atomic E-state index is -5.00. The molecule has 0 spiro atoms. The zero-order valence-corrected chi connectivity index (χ0v) is 19.9. The van der Waals surface area contributed by atoms with Crippen LogP contribution in [0.4, 0.5) is 22.7 Å². The Morgan fingerprint density at radius 3 is 2.40 bits per heavy atom. The second kappa shape index (κ2) is 9.46. The first-order chi connectivity index (χ1) is 15.9. The van der Waals surface area contributed by atoms with Crippen molar-refractivity contribution < 1.29 is 35.1 Å². The maximum atomic E-state index is 13.3. The van der Waals surface area contributed by atoms with E-state index in [9.17, 15) is 35.1 Å². The van der Waals surface area contributed by atoms with Gasteiger partial charge in [0.1, 0.15) is 5.69 Å². The molecule has 3 aromatic rings. The third-order valence-corrected chi connectivity index (χ3v) is 6.30. The second-order valence-electron chi connectivity index (χ2n) is 7.84. The number of carbonyl (C=O) groups excluding carboxylic acids is 2. The molecule has 0 N–H and O–H groups in total. The number of Topliss-reactive ketones (excluding diaryl/α,β-unsaturated/α-hetero) is 1. The van der Waals surface area contributed by atoms with Gasteiger partial charge in [0.25, 0.3) is 5.91 Å². The maximum absolute atomic E-state index is 13.3. The quantitative estimate of drug-likeness (QED) is 0.279. The predicted octanol–water partition coefficient (Wildman–Crippen LogP) is 4.32. The van der Waals surface area contributed by atoms with Crippen LogP contribution < -0.4 is 4.90 Å². The van der Waals surface area contributed by atoms with Gasteiger partial charge in [0, 0.05) is 29.8 Å². The van der Waals surface area contributed by atoms with Crippen LogP contribution in [-0.2, 0) is 22.8 Å². The topological polar surface area (TPSA) is 89.3 Å². The molecule has 13 heteroatoms. The molecular weight excluding hydrogens is 510 g/mol. The lowest BCUT2D eigenvalue weighted by molar-refractivity contribution is -0.137. The molecule has 0 radical (unpaired) electrons. The lowest BCUT2D eigenvalue weighted by atomic mass is 10.0. The van der Waals surface area contributed by atoms with Crippen LogP contribution in [0, 0.1) is 0 Å². The summed E-state index contributed by atoms with van der Waals surface area (Å²) >= 11 is 0. The Labute approximate surface area is 205 Å². The van der Waals surface area contributed by atoms with Crippen LogP contribution in [0.5, 0.6) is 0 Å². The average Bonchev–Trinajstić information content (AvgIpc) is 3.20. The molecule has 0 bridgehead atoms. The molecule has 0 saturated heterocycles. The Hall–Kier alpha value is -3.19. The smallest absolute Gasteiger partial charge is 0.305 e. The highest BCUT2D eigenvalue weighted by Crippen LogP contribution is 2.33. The van der Waals surface area contributed by atoms with Crippen LogP contribution >= 0.6 is 13.5 Å². The summed E-state index contributed by atoms with van der Waals surface area (Å²) in [5, 5.41) is 4.18. The molecular formula is C22H19F4N3O4S2. The number of fused-ring (bicyclic) bond motifs is 1. The van der Waals surface area contributed by atoms with E-state index >= 15 is 0 Å². The van der Waals surface area contributed by atoms with Gasteiger partial charge in [-0.2, -0.15) is 40.2 Å². The van der Waals surface area contributed by atoms with Gasteiger partial charge in [0.2, 0.25) is 0 Å². The molecule has 0 unspecified atom stereocenters. The lowest BCUT2D eigenvalue weighted by Crippen LogP contribution is -2.43. The molecule has 35 heavy (non-hydrogen) atoms. The van der Waals surface area contributed by atoms with Crippen LogP contribution in [0.2, 0.25) is 0 Å². The molecule has 1 atom stereocenters. The number of hydrogen-bond donors (Lipinski definition) is 0. The number of benzene rings is 2. The zero-order chi connectivity index (χ0) is 24.8. The molecule has 0 fully saturated rings. The fraction of sp³-hybridized carbons (Fsp3) is 0.227. The average molecular weight is 530 g/mol. The van der Waals surface area contributed by atoms with Crippen molar-refractivity contribution in [2.24, 2.45) is 0 Å². The first kappa shape index (κ1) is 26.4. The number of rotatable bonds is 5. The van der Waals surface area contributed by atoms with E-state index in [2.05, 4.69) is 5.10 Å². The van der Waals surface area contributed by atoms with Crippen molar-refractivity contribution in [1.29, 1.82) is 0 Å². The number of ketones is 1. The molecule has 1 aliphatic rings. The van der Waals surface area contributed by atoms with E-state index < -0.39 is 38.5 Å². The fourth-order valence-electron chi connectivity index (χ4n) is 3.80. The Bertz CT molecular complexity index is 1390. The van der Waals surface area contributed by atoms with E-state index in [4.69, 9.17) is 0 Å². The molecule has 7 nitrogen and oxygen atoms in total. The highest BCUT2D eigenvalue weighted by Gasteiger charge is 2.35. The summed E-state index contributed by atoms with van der Waals surface area (Å²) in [6, 6.07) is 8.32. The minimum absolute atomic E-state index is 0. The molecule has 186 valence electrons. The number of hydrogen-bond acceptors (Lipinski definition) is 5. The van der Waals surface area contributed by atoms with E-state index in [1.807, 2.05) is 0 Å². The molecule has 4 rings (SSSR count). The highest BCUT2D eigenvalue weighted by molar-refractivity contribution is 7.86. The summed E-state index contributed by atoms with van der Waals surface area (Å²) in [7, 11) is -5.00. The number of nitrogens with zero attached hydrogens (tertiary/aromatic N) is 3. The normalized spacial score (nSPS) is 16.0.